The summed E-state index contributed by atoms with van der Waals surface area (Å²) >= 11 is 0. The Morgan fingerprint density at radius 2 is 1.91 bits per heavy atom. The van der Waals surface area contributed by atoms with Crippen LogP contribution >= 0.6 is 0 Å². The molecule has 0 aromatic heterocycles. The first-order chi connectivity index (χ1) is 11.1. The van der Waals surface area contributed by atoms with Crippen molar-refractivity contribution in [2.24, 2.45) is 5.10 Å². The molecule has 1 atom stereocenters. The number of ether oxygens (including phenoxy) is 1. The van der Waals surface area contributed by atoms with Gasteiger partial charge in [-0.3, -0.25) is 4.79 Å². The molecule has 5 heteroatoms. The number of carbonyl (C=O) groups is 1. The Hall–Kier alpha value is -2.82. The molecular formula is C18H18N2O3. The standard InChI is InChI=1S/C18H18N2O3/c1-12(21)20-17(15-5-3-4-6-18(15)22)11-16(19-20)13-7-9-14(23-2)10-8-13/h3-10,17,22H,11H2,1-2H3/t17-/m0/s1. The van der Waals surface area contributed by atoms with Crippen LogP contribution in [-0.4, -0.2) is 28.8 Å². The topological polar surface area (TPSA) is 62.1 Å². The summed E-state index contributed by atoms with van der Waals surface area (Å²) in [4.78, 5) is 11.9. The summed E-state index contributed by atoms with van der Waals surface area (Å²) in [6.07, 6.45) is 0.559. The number of benzene rings is 2. The molecule has 1 aliphatic heterocycles. The summed E-state index contributed by atoms with van der Waals surface area (Å²) in [5.74, 6) is 0.796. The number of hydrogen-bond donors (Lipinski definition) is 1. The van der Waals surface area contributed by atoms with E-state index >= 15 is 0 Å². The predicted octanol–water partition coefficient (Wildman–Crippen LogP) is 3.10. The van der Waals surface area contributed by atoms with Crippen LogP contribution in [0, 0.1) is 0 Å². The lowest BCUT2D eigenvalue weighted by atomic mass is 9.97. The molecule has 0 unspecified atom stereocenters. The zero-order valence-corrected chi connectivity index (χ0v) is 13.1. The van der Waals surface area contributed by atoms with E-state index in [1.165, 1.54) is 11.9 Å². The van der Waals surface area contributed by atoms with Crippen LogP contribution in [-0.2, 0) is 4.79 Å². The Morgan fingerprint density at radius 3 is 2.52 bits per heavy atom. The van der Waals surface area contributed by atoms with Crippen molar-refractivity contribution in [3.05, 3.63) is 59.7 Å². The maximum absolute atomic E-state index is 11.9. The molecule has 0 radical (unpaired) electrons. The van der Waals surface area contributed by atoms with E-state index in [9.17, 15) is 9.90 Å². The summed E-state index contributed by atoms with van der Waals surface area (Å²) in [6.45, 7) is 1.48. The fourth-order valence-electron chi connectivity index (χ4n) is 2.77. The highest BCUT2D eigenvalue weighted by atomic mass is 16.5. The van der Waals surface area contributed by atoms with Gasteiger partial charge in [-0.05, 0) is 35.9 Å². The minimum Gasteiger partial charge on any atom is -0.508 e. The third kappa shape index (κ3) is 2.90. The molecule has 0 aliphatic carbocycles. The number of methoxy groups -OCH3 is 1. The number of hydrogen-bond acceptors (Lipinski definition) is 4. The van der Waals surface area contributed by atoms with Crippen molar-refractivity contribution < 1.29 is 14.6 Å². The molecule has 3 rings (SSSR count). The Kier molecular flexibility index (Phi) is 4.02. The van der Waals surface area contributed by atoms with Gasteiger partial charge in [-0.15, -0.1) is 0 Å². The second kappa shape index (κ2) is 6.12. The van der Waals surface area contributed by atoms with E-state index in [0.29, 0.717) is 12.0 Å². The Labute approximate surface area is 134 Å². The number of aromatic hydroxyl groups is 1. The van der Waals surface area contributed by atoms with E-state index in [0.717, 1.165) is 17.0 Å². The minimum atomic E-state index is -0.286. The number of nitrogens with zero attached hydrogens (tertiary/aromatic N) is 2. The molecule has 1 amide bonds. The van der Waals surface area contributed by atoms with Crippen LogP contribution in [0.25, 0.3) is 0 Å². The Bertz CT molecular complexity index is 753. The van der Waals surface area contributed by atoms with E-state index in [2.05, 4.69) is 5.10 Å². The zero-order chi connectivity index (χ0) is 16.4. The van der Waals surface area contributed by atoms with Gasteiger partial charge in [-0.1, -0.05) is 18.2 Å². The van der Waals surface area contributed by atoms with Crippen molar-refractivity contribution in [2.45, 2.75) is 19.4 Å². The van der Waals surface area contributed by atoms with Gasteiger partial charge in [0.15, 0.2) is 0 Å². The second-order valence-corrected chi connectivity index (χ2v) is 5.42. The van der Waals surface area contributed by atoms with Crippen LogP contribution in [0.4, 0.5) is 0 Å². The van der Waals surface area contributed by atoms with Gasteiger partial charge < -0.3 is 9.84 Å². The predicted molar refractivity (Wildman–Crippen MR) is 87.5 cm³/mol. The first-order valence-electron chi connectivity index (χ1n) is 7.39. The fraction of sp³-hybridized carbons (Fsp3) is 0.222. The maximum Gasteiger partial charge on any atom is 0.240 e. The molecule has 0 spiro atoms. The summed E-state index contributed by atoms with van der Waals surface area (Å²) < 4.78 is 5.16. The van der Waals surface area contributed by atoms with Gasteiger partial charge in [0.05, 0.1) is 18.9 Å². The van der Waals surface area contributed by atoms with Crippen molar-refractivity contribution in [1.82, 2.24) is 5.01 Å². The first kappa shape index (κ1) is 15.1. The molecule has 0 saturated heterocycles. The van der Waals surface area contributed by atoms with Gasteiger partial charge in [-0.25, -0.2) is 5.01 Å². The third-order valence-electron chi connectivity index (χ3n) is 3.95. The van der Waals surface area contributed by atoms with Crippen LogP contribution in [0.2, 0.25) is 0 Å². The highest BCUT2D eigenvalue weighted by Gasteiger charge is 2.32. The monoisotopic (exact) mass is 310 g/mol. The van der Waals surface area contributed by atoms with Gasteiger partial charge in [0, 0.05) is 18.9 Å². The average Bonchev–Trinajstić information content (AvgIpc) is 3.01. The molecular weight excluding hydrogens is 292 g/mol. The lowest BCUT2D eigenvalue weighted by Gasteiger charge is -2.21. The van der Waals surface area contributed by atoms with E-state index < -0.39 is 0 Å². The molecule has 0 saturated carbocycles. The highest BCUT2D eigenvalue weighted by Crippen LogP contribution is 2.36. The zero-order valence-electron chi connectivity index (χ0n) is 13.1. The quantitative estimate of drug-likeness (QED) is 0.947. The number of phenols is 1. The lowest BCUT2D eigenvalue weighted by molar-refractivity contribution is -0.130. The fourth-order valence-corrected chi connectivity index (χ4v) is 2.77. The molecule has 5 nitrogen and oxygen atoms in total. The Morgan fingerprint density at radius 1 is 1.22 bits per heavy atom. The normalized spacial score (nSPS) is 17.0. The van der Waals surface area contributed by atoms with Crippen molar-refractivity contribution in [3.8, 4) is 11.5 Å². The number of phenolic OH excluding ortho intramolecular Hbond substituents is 1. The van der Waals surface area contributed by atoms with E-state index in [-0.39, 0.29) is 17.7 Å². The van der Waals surface area contributed by atoms with E-state index in [1.54, 1.807) is 19.2 Å². The smallest absolute Gasteiger partial charge is 0.240 e. The van der Waals surface area contributed by atoms with Crippen LogP contribution < -0.4 is 4.74 Å². The minimum absolute atomic E-state index is 0.151. The maximum atomic E-state index is 11.9. The van der Waals surface area contributed by atoms with Gasteiger partial charge in [0.2, 0.25) is 5.91 Å². The largest absolute Gasteiger partial charge is 0.508 e. The van der Waals surface area contributed by atoms with Crippen molar-refractivity contribution in [3.63, 3.8) is 0 Å². The highest BCUT2D eigenvalue weighted by molar-refractivity contribution is 6.03. The summed E-state index contributed by atoms with van der Waals surface area (Å²) in [5.41, 5.74) is 2.46. The SMILES string of the molecule is COc1ccc(C2=NN(C(C)=O)[C@H](c3ccccc3O)C2)cc1. The second-order valence-electron chi connectivity index (χ2n) is 5.42. The van der Waals surface area contributed by atoms with Crippen LogP contribution in [0.15, 0.2) is 53.6 Å². The number of carbonyl (C=O) groups excluding carboxylic acids is 1. The lowest BCUT2D eigenvalue weighted by Crippen LogP contribution is -2.24. The van der Waals surface area contributed by atoms with E-state index in [4.69, 9.17) is 4.74 Å². The molecule has 0 fully saturated rings. The average molecular weight is 310 g/mol. The number of para-hydroxylation sites is 1. The van der Waals surface area contributed by atoms with Gasteiger partial charge in [0.1, 0.15) is 11.5 Å². The Balaban J connectivity index is 1.93. The van der Waals surface area contributed by atoms with Crippen molar-refractivity contribution >= 4 is 11.6 Å². The number of rotatable bonds is 3. The van der Waals surface area contributed by atoms with Crippen molar-refractivity contribution in [1.29, 1.82) is 0 Å². The molecule has 0 bridgehead atoms. The van der Waals surface area contributed by atoms with Gasteiger partial charge in [0.25, 0.3) is 0 Å². The number of hydrazone groups is 1. The molecule has 2 aromatic carbocycles. The molecule has 118 valence electrons. The molecule has 1 heterocycles. The van der Waals surface area contributed by atoms with E-state index in [1.807, 2.05) is 36.4 Å². The van der Waals surface area contributed by atoms with Gasteiger partial charge >= 0.3 is 0 Å². The first-order valence-corrected chi connectivity index (χ1v) is 7.39. The molecule has 2 aromatic rings. The summed E-state index contributed by atoms with van der Waals surface area (Å²) in [6, 6.07) is 14.3. The summed E-state index contributed by atoms with van der Waals surface area (Å²) in [7, 11) is 1.62. The molecule has 23 heavy (non-hydrogen) atoms. The van der Waals surface area contributed by atoms with Crippen LogP contribution in [0.1, 0.15) is 30.5 Å². The number of amides is 1. The van der Waals surface area contributed by atoms with Gasteiger partial charge in [-0.2, -0.15) is 5.10 Å². The van der Waals surface area contributed by atoms with Crippen molar-refractivity contribution in [2.75, 3.05) is 7.11 Å². The van der Waals surface area contributed by atoms with Crippen LogP contribution in [0.3, 0.4) is 0 Å². The summed E-state index contributed by atoms with van der Waals surface area (Å²) in [5, 5.41) is 16.0. The molecule has 1 aliphatic rings. The third-order valence-corrected chi connectivity index (χ3v) is 3.95. The molecule has 1 N–H and O–H groups in total. The van der Waals surface area contributed by atoms with Crippen LogP contribution in [0.5, 0.6) is 11.5 Å².